The summed E-state index contributed by atoms with van der Waals surface area (Å²) in [6, 6.07) is 11.3. The predicted molar refractivity (Wildman–Crippen MR) is 101 cm³/mol. The Morgan fingerprint density at radius 1 is 1.22 bits per heavy atom. The van der Waals surface area contributed by atoms with Crippen molar-refractivity contribution in [3.8, 4) is 11.8 Å². The van der Waals surface area contributed by atoms with Crippen LogP contribution in [0.1, 0.15) is 19.4 Å². The van der Waals surface area contributed by atoms with Crippen LogP contribution in [0, 0.1) is 17.2 Å². The third kappa shape index (κ3) is 5.71. The van der Waals surface area contributed by atoms with Crippen LogP contribution in [0.15, 0.2) is 42.6 Å². The Kier molecular flexibility index (Phi) is 6.72. The molecule has 2 amide bonds. The molecular weight excluding hydrogens is 346 g/mol. The number of aromatic nitrogens is 1. The number of nitriles is 1. The normalized spacial score (nSPS) is 12.3. The first-order valence-electron chi connectivity index (χ1n) is 8.39. The molecule has 0 bridgehead atoms. The molecule has 0 aliphatic heterocycles. The number of nitrogens with one attached hydrogen (secondary N) is 3. The molecule has 0 saturated carbocycles. The van der Waals surface area contributed by atoms with E-state index in [1.54, 1.807) is 44.2 Å². The van der Waals surface area contributed by atoms with Gasteiger partial charge in [0.1, 0.15) is 0 Å². The molecule has 0 radical (unpaired) electrons. The standard InChI is InChI=1S/C19H21N5O3/c1-12(19(27)24-18-16(25)4-3-9-21-18)13(2)23-17(26)11-22-15-7-5-14(10-20)6-8-15/h3-9,12-13,22,25H,11H2,1-2H3,(H,23,26)(H,21,24,27). The van der Waals surface area contributed by atoms with Crippen molar-refractivity contribution in [2.75, 3.05) is 17.2 Å². The number of aromatic hydroxyl groups is 1. The van der Waals surface area contributed by atoms with Gasteiger partial charge < -0.3 is 21.1 Å². The van der Waals surface area contributed by atoms with Crippen LogP contribution in [0.2, 0.25) is 0 Å². The van der Waals surface area contributed by atoms with Crippen molar-refractivity contribution in [3.05, 3.63) is 48.2 Å². The Bertz CT molecular complexity index is 845. The van der Waals surface area contributed by atoms with E-state index >= 15 is 0 Å². The maximum atomic E-state index is 12.3. The van der Waals surface area contributed by atoms with Crippen LogP contribution in [0.25, 0.3) is 0 Å². The number of carbonyl (C=O) groups is 2. The van der Waals surface area contributed by atoms with Gasteiger partial charge in [0.2, 0.25) is 11.8 Å². The van der Waals surface area contributed by atoms with Crippen LogP contribution in [0.4, 0.5) is 11.5 Å². The van der Waals surface area contributed by atoms with E-state index in [2.05, 4.69) is 20.9 Å². The van der Waals surface area contributed by atoms with Gasteiger partial charge in [0, 0.05) is 17.9 Å². The number of hydrogen-bond donors (Lipinski definition) is 4. The molecule has 8 nitrogen and oxygen atoms in total. The lowest BCUT2D eigenvalue weighted by Gasteiger charge is -2.21. The van der Waals surface area contributed by atoms with Gasteiger partial charge in [-0.25, -0.2) is 4.98 Å². The fourth-order valence-electron chi connectivity index (χ4n) is 2.23. The Labute approximate surface area is 157 Å². The van der Waals surface area contributed by atoms with E-state index in [0.717, 1.165) is 0 Å². The van der Waals surface area contributed by atoms with Gasteiger partial charge in [0.05, 0.1) is 24.1 Å². The molecule has 0 fully saturated rings. The lowest BCUT2D eigenvalue weighted by Crippen LogP contribution is -2.44. The highest BCUT2D eigenvalue weighted by atomic mass is 16.3. The van der Waals surface area contributed by atoms with Crippen molar-refractivity contribution in [1.82, 2.24) is 10.3 Å². The molecular formula is C19H21N5O3. The van der Waals surface area contributed by atoms with Gasteiger partial charge in [-0.3, -0.25) is 9.59 Å². The number of pyridine rings is 1. The SMILES string of the molecule is CC(NC(=O)CNc1ccc(C#N)cc1)C(C)C(=O)Nc1ncccc1O. The summed E-state index contributed by atoms with van der Waals surface area (Å²) in [6.07, 6.45) is 1.46. The summed E-state index contributed by atoms with van der Waals surface area (Å²) in [4.78, 5) is 28.2. The van der Waals surface area contributed by atoms with Gasteiger partial charge in [-0.15, -0.1) is 0 Å². The zero-order chi connectivity index (χ0) is 19.8. The largest absolute Gasteiger partial charge is 0.504 e. The second kappa shape index (κ2) is 9.20. The topological polar surface area (TPSA) is 127 Å². The lowest BCUT2D eigenvalue weighted by atomic mass is 10.0. The molecule has 4 N–H and O–H groups in total. The monoisotopic (exact) mass is 367 g/mol. The average molecular weight is 367 g/mol. The van der Waals surface area contributed by atoms with Crippen molar-refractivity contribution < 1.29 is 14.7 Å². The maximum Gasteiger partial charge on any atom is 0.239 e. The van der Waals surface area contributed by atoms with Crippen LogP contribution < -0.4 is 16.0 Å². The highest BCUT2D eigenvalue weighted by Crippen LogP contribution is 2.19. The first-order valence-corrected chi connectivity index (χ1v) is 8.39. The molecule has 2 rings (SSSR count). The van der Waals surface area contributed by atoms with E-state index in [-0.39, 0.29) is 29.9 Å². The van der Waals surface area contributed by atoms with Crippen molar-refractivity contribution in [3.63, 3.8) is 0 Å². The molecule has 27 heavy (non-hydrogen) atoms. The van der Waals surface area contributed by atoms with Gasteiger partial charge in [-0.1, -0.05) is 6.92 Å². The molecule has 1 aromatic carbocycles. The van der Waals surface area contributed by atoms with Gasteiger partial charge in [-0.05, 0) is 43.3 Å². The van der Waals surface area contributed by atoms with E-state index in [4.69, 9.17) is 5.26 Å². The summed E-state index contributed by atoms with van der Waals surface area (Å²) >= 11 is 0. The maximum absolute atomic E-state index is 12.3. The molecule has 8 heteroatoms. The van der Waals surface area contributed by atoms with Crippen LogP contribution in [0.3, 0.4) is 0 Å². The second-order valence-corrected chi connectivity index (χ2v) is 6.05. The Morgan fingerprint density at radius 2 is 1.93 bits per heavy atom. The summed E-state index contributed by atoms with van der Waals surface area (Å²) in [5.41, 5.74) is 1.26. The molecule has 140 valence electrons. The molecule has 0 aliphatic carbocycles. The van der Waals surface area contributed by atoms with E-state index < -0.39 is 12.0 Å². The summed E-state index contributed by atoms with van der Waals surface area (Å²) in [6.45, 7) is 3.43. The number of anilines is 2. The van der Waals surface area contributed by atoms with Crippen molar-refractivity contribution >= 4 is 23.3 Å². The number of rotatable bonds is 7. The zero-order valence-corrected chi connectivity index (χ0v) is 15.1. The van der Waals surface area contributed by atoms with E-state index in [1.165, 1.54) is 12.3 Å². The average Bonchev–Trinajstić information content (AvgIpc) is 2.67. The summed E-state index contributed by atoms with van der Waals surface area (Å²) in [7, 11) is 0. The van der Waals surface area contributed by atoms with E-state index in [0.29, 0.717) is 11.3 Å². The van der Waals surface area contributed by atoms with Gasteiger partial charge in [0.15, 0.2) is 11.6 Å². The van der Waals surface area contributed by atoms with Crippen molar-refractivity contribution in [2.45, 2.75) is 19.9 Å². The summed E-state index contributed by atoms with van der Waals surface area (Å²) in [5.74, 6) is -1.22. The summed E-state index contributed by atoms with van der Waals surface area (Å²) < 4.78 is 0. The lowest BCUT2D eigenvalue weighted by molar-refractivity contribution is -0.122. The molecule has 1 aromatic heterocycles. The molecule has 1 heterocycles. The molecule has 2 atom stereocenters. The molecule has 0 spiro atoms. The zero-order valence-electron chi connectivity index (χ0n) is 15.1. The predicted octanol–water partition coefficient (Wildman–Crippen LogP) is 1.85. The van der Waals surface area contributed by atoms with Gasteiger partial charge in [0.25, 0.3) is 0 Å². The minimum absolute atomic E-state index is 0.0333. The van der Waals surface area contributed by atoms with Crippen LogP contribution in [0.5, 0.6) is 5.75 Å². The third-order valence-corrected chi connectivity index (χ3v) is 4.05. The van der Waals surface area contributed by atoms with Crippen LogP contribution >= 0.6 is 0 Å². The molecule has 0 aliphatic rings. The van der Waals surface area contributed by atoms with Crippen molar-refractivity contribution in [1.29, 1.82) is 5.26 Å². The second-order valence-electron chi connectivity index (χ2n) is 6.05. The number of nitrogens with zero attached hydrogens (tertiary/aromatic N) is 2. The quantitative estimate of drug-likeness (QED) is 0.591. The van der Waals surface area contributed by atoms with Gasteiger partial charge in [-0.2, -0.15) is 5.26 Å². The van der Waals surface area contributed by atoms with E-state index in [9.17, 15) is 14.7 Å². The minimum atomic E-state index is -0.537. The van der Waals surface area contributed by atoms with Crippen LogP contribution in [-0.2, 0) is 9.59 Å². The number of amides is 2. The number of benzene rings is 1. The van der Waals surface area contributed by atoms with E-state index in [1.807, 2.05) is 6.07 Å². The Morgan fingerprint density at radius 3 is 2.56 bits per heavy atom. The number of carbonyl (C=O) groups excluding carboxylic acids is 2. The number of hydrogen-bond acceptors (Lipinski definition) is 6. The first kappa shape index (κ1) is 19.7. The van der Waals surface area contributed by atoms with Crippen LogP contribution in [-0.4, -0.2) is 34.5 Å². The third-order valence-electron chi connectivity index (χ3n) is 4.05. The Hall–Kier alpha value is -3.60. The molecule has 0 saturated heterocycles. The minimum Gasteiger partial charge on any atom is -0.504 e. The molecule has 2 aromatic rings. The van der Waals surface area contributed by atoms with Crippen molar-refractivity contribution in [2.24, 2.45) is 5.92 Å². The molecule has 2 unspecified atom stereocenters. The first-order chi connectivity index (χ1) is 12.9. The fraction of sp³-hybridized carbons (Fsp3) is 0.263. The smallest absolute Gasteiger partial charge is 0.239 e. The highest BCUT2D eigenvalue weighted by molar-refractivity contribution is 5.93. The fourth-order valence-corrected chi connectivity index (χ4v) is 2.23. The highest BCUT2D eigenvalue weighted by Gasteiger charge is 2.22. The Balaban J connectivity index is 1.82. The van der Waals surface area contributed by atoms with Gasteiger partial charge >= 0.3 is 0 Å². The summed E-state index contributed by atoms with van der Waals surface area (Å²) in [5, 5.41) is 26.7.